The van der Waals surface area contributed by atoms with Gasteiger partial charge in [-0.05, 0) is 59.5 Å². The largest absolute Gasteiger partial charge is 0.498 e. The quantitative estimate of drug-likeness (QED) is 0.525. The fourth-order valence-corrected chi connectivity index (χ4v) is 5.02. The summed E-state index contributed by atoms with van der Waals surface area (Å²) in [6.45, 7) is 10.2. The minimum atomic E-state index is -3.55. The van der Waals surface area contributed by atoms with Crippen molar-refractivity contribution < 1.29 is 22.8 Å². The van der Waals surface area contributed by atoms with Gasteiger partial charge in [0, 0.05) is 24.4 Å². The lowest BCUT2D eigenvalue weighted by Gasteiger charge is -2.32. The van der Waals surface area contributed by atoms with E-state index in [1.165, 1.54) is 12.4 Å². The first-order valence-electron chi connectivity index (χ1n) is 9.78. The molecule has 28 heavy (non-hydrogen) atoms. The molecule has 1 aromatic heterocycles. The van der Waals surface area contributed by atoms with Crippen molar-refractivity contribution >= 4 is 22.4 Å². The highest BCUT2D eigenvalue weighted by Gasteiger charge is 2.52. The summed E-state index contributed by atoms with van der Waals surface area (Å²) in [5.74, 6) is 0.141. The van der Waals surface area contributed by atoms with E-state index >= 15 is 0 Å². The number of hydrogen-bond donors (Lipinski definition) is 1. The van der Waals surface area contributed by atoms with E-state index in [-0.39, 0.29) is 23.4 Å². The van der Waals surface area contributed by atoms with E-state index in [9.17, 15) is 8.42 Å². The predicted octanol–water partition coefficient (Wildman–Crippen LogP) is 0.254. The third-order valence-corrected chi connectivity index (χ3v) is 7.71. The summed E-state index contributed by atoms with van der Waals surface area (Å²) >= 11 is 0. The average Bonchev–Trinajstić information content (AvgIpc) is 2.84. The fourth-order valence-electron chi connectivity index (χ4n) is 3.49. The van der Waals surface area contributed by atoms with Crippen LogP contribution in [-0.2, 0) is 19.1 Å². The molecule has 2 aliphatic heterocycles. The minimum Gasteiger partial charge on any atom is -0.399 e. The van der Waals surface area contributed by atoms with Gasteiger partial charge in [0.25, 0.3) is 0 Å². The summed E-state index contributed by atoms with van der Waals surface area (Å²) in [6.07, 6.45) is 4.55. The lowest BCUT2D eigenvalue weighted by atomic mass is 9.81. The Morgan fingerprint density at radius 1 is 1.14 bits per heavy atom. The first kappa shape index (κ1) is 21.6. The summed E-state index contributed by atoms with van der Waals surface area (Å²) < 4.78 is 37.3. The van der Waals surface area contributed by atoms with Crippen LogP contribution in [-0.4, -0.2) is 78.7 Å². The van der Waals surface area contributed by atoms with Gasteiger partial charge in [0.05, 0.1) is 23.6 Å². The van der Waals surface area contributed by atoms with Crippen molar-refractivity contribution in [1.29, 1.82) is 0 Å². The first-order valence-corrected chi connectivity index (χ1v) is 11.4. The van der Waals surface area contributed by atoms with E-state index in [1.54, 1.807) is 0 Å². The topological polar surface area (TPSA) is 102 Å². The zero-order valence-electron chi connectivity index (χ0n) is 17.1. The van der Waals surface area contributed by atoms with Gasteiger partial charge >= 0.3 is 7.12 Å². The molecule has 0 saturated carbocycles. The molecule has 156 valence electrons. The Balaban J connectivity index is 1.63. The molecule has 1 N–H and O–H groups in total. The Morgan fingerprint density at radius 3 is 2.18 bits per heavy atom. The van der Waals surface area contributed by atoms with Crippen LogP contribution in [0.15, 0.2) is 17.6 Å². The maximum absolute atomic E-state index is 12.7. The van der Waals surface area contributed by atoms with Gasteiger partial charge in [0.15, 0.2) is 0 Å². The Hall–Kier alpha value is -1.07. The molecular formula is C18H30BN3O5S. The van der Waals surface area contributed by atoms with Crippen LogP contribution in [0.5, 0.6) is 0 Å². The zero-order chi connectivity index (χ0) is 20.6. The summed E-state index contributed by atoms with van der Waals surface area (Å²) in [6, 6.07) is 0. The highest BCUT2D eigenvalue weighted by Crippen LogP contribution is 2.36. The number of rotatable bonds is 6. The molecule has 10 heteroatoms. The summed E-state index contributed by atoms with van der Waals surface area (Å²) in [5.41, 5.74) is -0.351. The molecule has 2 saturated heterocycles. The Kier molecular flexibility index (Phi) is 6.17. The van der Waals surface area contributed by atoms with Crippen molar-refractivity contribution in [3.8, 4) is 0 Å². The van der Waals surface area contributed by atoms with Gasteiger partial charge in [-0.2, -0.15) is 0 Å². The molecule has 0 spiro atoms. The second-order valence-electron chi connectivity index (χ2n) is 8.68. The maximum Gasteiger partial charge on any atom is 0.498 e. The number of aliphatic hydroxyl groups excluding tert-OH is 1. The van der Waals surface area contributed by atoms with E-state index in [0.717, 1.165) is 25.9 Å². The normalized spacial score (nSPS) is 23.2. The maximum atomic E-state index is 12.7. The number of hydrogen-bond acceptors (Lipinski definition) is 8. The zero-order valence-corrected chi connectivity index (χ0v) is 17.9. The van der Waals surface area contributed by atoms with Gasteiger partial charge in [0.2, 0.25) is 15.0 Å². The molecular weight excluding hydrogens is 381 g/mol. The van der Waals surface area contributed by atoms with Crippen LogP contribution in [0.4, 0.5) is 0 Å². The van der Waals surface area contributed by atoms with Crippen LogP contribution < -0.4 is 5.46 Å². The van der Waals surface area contributed by atoms with Gasteiger partial charge in [-0.15, -0.1) is 0 Å². The number of aromatic nitrogens is 2. The van der Waals surface area contributed by atoms with Crippen LogP contribution >= 0.6 is 0 Å². The molecule has 0 atom stereocenters. The first-order chi connectivity index (χ1) is 13.0. The monoisotopic (exact) mass is 411 g/mol. The third-order valence-electron chi connectivity index (χ3n) is 6.03. The van der Waals surface area contributed by atoms with Crippen molar-refractivity contribution in [2.75, 3.05) is 32.0 Å². The molecule has 3 rings (SSSR count). The molecule has 2 fully saturated rings. The van der Waals surface area contributed by atoms with Crippen molar-refractivity contribution in [3.63, 3.8) is 0 Å². The molecule has 0 amide bonds. The third kappa shape index (κ3) is 4.57. The van der Waals surface area contributed by atoms with Crippen LogP contribution in [0.2, 0.25) is 0 Å². The van der Waals surface area contributed by atoms with Gasteiger partial charge < -0.3 is 19.3 Å². The van der Waals surface area contributed by atoms with Crippen molar-refractivity contribution in [2.24, 2.45) is 5.92 Å². The number of aliphatic hydroxyl groups is 1. The van der Waals surface area contributed by atoms with Gasteiger partial charge in [-0.25, -0.2) is 18.4 Å². The van der Waals surface area contributed by atoms with Crippen LogP contribution in [0.3, 0.4) is 0 Å². The molecule has 8 nitrogen and oxygen atoms in total. The molecule has 0 unspecified atom stereocenters. The highest BCUT2D eigenvalue weighted by molar-refractivity contribution is 7.91. The van der Waals surface area contributed by atoms with Crippen LogP contribution in [0.1, 0.15) is 40.5 Å². The minimum absolute atomic E-state index is 0.0514. The molecule has 3 heterocycles. The van der Waals surface area contributed by atoms with Crippen molar-refractivity contribution in [3.05, 3.63) is 12.4 Å². The number of nitrogens with zero attached hydrogens (tertiary/aromatic N) is 3. The molecule has 2 aliphatic rings. The van der Waals surface area contributed by atoms with E-state index < -0.39 is 28.2 Å². The second kappa shape index (κ2) is 7.99. The average molecular weight is 411 g/mol. The Bertz CT molecular complexity index is 761. The van der Waals surface area contributed by atoms with Gasteiger partial charge in [-0.3, -0.25) is 0 Å². The van der Waals surface area contributed by atoms with Crippen molar-refractivity contribution in [2.45, 2.75) is 56.9 Å². The molecule has 0 aromatic carbocycles. The van der Waals surface area contributed by atoms with E-state index in [2.05, 4.69) is 14.9 Å². The number of likely N-dealkylation sites (tertiary alicyclic amines) is 1. The van der Waals surface area contributed by atoms with E-state index in [0.29, 0.717) is 12.0 Å². The van der Waals surface area contributed by atoms with E-state index in [1.807, 2.05) is 27.7 Å². The number of piperidine rings is 1. The second-order valence-corrected chi connectivity index (χ2v) is 10.6. The summed E-state index contributed by atoms with van der Waals surface area (Å²) in [4.78, 5) is 10.3. The molecule has 1 aromatic rings. The van der Waals surface area contributed by atoms with Crippen molar-refractivity contribution in [1.82, 2.24) is 14.9 Å². The standard InChI is InChI=1S/C18H30BN3O5S/c1-17(2)18(3,4)27-19(26-17)15-11-20-16(21-12-15)28(24,25)13-14-5-7-22(8-6-14)9-10-23/h11-12,14,23H,5-10,13H2,1-4H3. The smallest absolute Gasteiger partial charge is 0.399 e. The predicted molar refractivity (Wildman–Crippen MR) is 106 cm³/mol. The summed E-state index contributed by atoms with van der Waals surface area (Å²) in [5, 5.41) is 8.86. The highest BCUT2D eigenvalue weighted by atomic mass is 32.2. The van der Waals surface area contributed by atoms with Crippen LogP contribution in [0, 0.1) is 5.92 Å². The Labute approximate surface area is 167 Å². The lowest BCUT2D eigenvalue weighted by Crippen LogP contribution is -2.41. The number of β-amino-alcohol motifs (C(OH)–C–C–N with tert-alkyl or cyclic N) is 1. The fraction of sp³-hybridized carbons (Fsp3) is 0.778. The molecule has 0 aliphatic carbocycles. The SMILES string of the molecule is CC1(C)OB(c2cnc(S(=O)(=O)CC3CCN(CCO)CC3)nc2)OC1(C)C. The van der Waals surface area contributed by atoms with Crippen LogP contribution in [0.25, 0.3) is 0 Å². The van der Waals surface area contributed by atoms with Gasteiger partial charge in [-0.1, -0.05) is 0 Å². The lowest BCUT2D eigenvalue weighted by molar-refractivity contribution is 0.00578. The Morgan fingerprint density at radius 2 is 1.68 bits per heavy atom. The number of sulfone groups is 1. The van der Waals surface area contributed by atoms with Gasteiger partial charge in [0.1, 0.15) is 0 Å². The van der Waals surface area contributed by atoms with E-state index in [4.69, 9.17) is 14.4 Å². The molecule has 0 radical (unpaired) electrons. The summed E-state index contributed by atoms with van der Waals surface area (Å²) in [7, 11) is -4.16. The molecule has 0 bridgehead atoms.